The molecule has 0 N–H and O–H groups in total. The molecular formula is C18H24N4O3S. The van der Waals surface area contributed by atoms with Crippen molar-refractivity contribution >= 4 is 17.7 Å². The van der Waals surface area contributed by atoms with Crippen molar-refractivity contribution in [1.29, 1.82) is 0 Å². The first-order chi connectivity index (χ1) is 12.7. The Kier molecular flexibility index (Phi) is 6.16. The molecule has 0 radical (unpaired) electrons. The number of amides is 1. The summed E-state index contributed by atoms with van der Waals surface area (Å²) in [5.74, 6) is 1.62. The monoisotopic (exact) mass is 376 g/mol. The van der Waals surface area contributed by atoms with Gasteiger partial charge in [-0.05, 0) is 26.0 Å². The molecule has 3 rings (SSSR count). The number of carbonyl (C=O) groups is 1. The maximum atomic E-state index is 12.7. The Morgan fingerprint density at radius 2 is 2.04 bits per heavy atom. The van der Waals surface area contributed by atoms with Crippen molar-refractivity contribution in [1.82, 2.24) is 19.7 Å². The summed E-state index contributed by atoms with van der Waals surface area (Å²) in [7, 11) is 1.64. The summed E-state index contributed by atoms with van der Waals surface area (Å²) in [4.78, 5) is 14.5. The van der Waals surface area contributed by atoms with Crippen molar-refractivity contribution < 1.29 is 14.3 Å². The zero-order valence-corrected chi connectivity index (χ0v) is 16.2. The van der Waals surface area contributed by atoms with E-state index < -0.39 is 0 Å². The first kappa shape index (κ1) is 18.7. The average Bonchev–Trinajstić information content (AvgIpc) is 3.10. The van der Waals surface area contributed by atoms with Gasteiger partial charge in [-0.2, -0.15) is 0 Å². The van der Waals surface area contributed by atoms with Gasteiger partial charge in [-0.15, -0.1) is 10.2 Å². The summed E-state index contributed by atoms with van der Waals surface area (Å²) in [6, 6.07) is 7.74. The molecule has 1 unspecified atom stereocenters. The van der Waals surface area contributed by atoms with E-state index in [1.165, 1.54) is 11.8 Å². The molecule has 2 heterocycles. The largest absolute Gasteiger partial charge is 0.496 e. The highest BCUT2D eigenvalue weighted by atomic mass is 32.2. The summed E-state index contributed by atoms with van der Waals surface area (Å²) < 4.78 is 12.8. The van der Waals surface area contributed by atoms with Gasteiger partial charge < -0.3 is 18.9 Å². The first-order valence-corrected chi connectivity index (χ1v) is 9.63. The second-order valence-electron chi connectivity index (χ2n) is 5.95. The van der Waals surface area contributed by atoms with Crippen molar-refractivity contribution in [2.75, 3.05) is 33.4 Å². The van der Waals surface area contributed by atoms with E-state index in [-0.39, 0.29) is 11.2 Å². The minimum Gasteiger partial charge on any atom is -0.496 e. The molecule has 1 saturated heterocycles. The zero-order chi connectivity index (χ0) is 18.5. The van der Waals surface area contributed by atoms with Crippen LogP contribution in [0.1, 0.15) is 13.8 Å². The predicted octanol–water partition coefficient (Wildman–Crippen LogP) is 2.31. The van der Waals surface area contributed by atoms with Crippen molar-refractivity contribution in [2.24, 2.45) is 0 Å². The zero-order valence-electron chi connectivity index (χ0n) is 15.3. The van der Waals surface area contributed by atoms with Gasteiger partial charge in [0.15, 0.2) is 11.0 Å². The summed E-state index contributed by atoms with van der Waals surface area (Å²) in [5.41, 5.74) is 0.892. The number of hydrogen-bond acceptors (Lipinski definition) is 6. The molecule has 2 aromatic rings. The van der Waals surface area contributed by atoms with E-state index in [2.05, 4.69) is 10.2 Å². The molecule has 0 saturated carbocycles. The normalized spacial score (nSPS) is 15.7. The maximum Gasteiger partial charge on any atom is 0.236 e. The molecule has 0 spiro atoms. The van der Waals surface area contributed by atoms with Crippen LogP contribution in [0, 0.1) is 0 Å². The number of benzene rings is 1. The Labute approximate surface area is 157 Å². The van der Waals surface area contributed by atoms with Crippen LogP contribution in [-0.2, 0) is 16.1 Å². The molecule has 7 nitrogen and oxygen atoms in total. The van der Waals surface area contributed by atoms with Gasteiger partial charge in [0, 0.05) is 19.6 Å². The SMILES string of the molecule is CCn1c(SC(C)C(=O)N2CCOCC2)nnc1-c1ccccc1OC. The van der Waals surface area contributed by atoms with E-state index in [1.807, 2.05) is 47.6 Å². The molecule has 0 aliphatic carbocycles. The lowest BCUT2D eigenvalue weighted by Crippen LogP contribution is -2.44. The Bertz CT molecular complexity index is 759. The second-order valence-corrected chi connectivity index (χ2v) is 7.26. The van der Waals surface area contributed by atoms with Gasteiger partial charge in [0.1, 0.15) is 5.75 Å². The first-order valence-electron chi connectivity index (χ1n) is 8.75. The van der Waals surface area contributed by atoms with E-state index in [0.717, 1.165) is 22.3 Å². The number of ether oxygens (including phenoxy) is 2. The lowest BCUT2D eigenvalue weighted by atomic mass is 10.2. The number of aromatic nitrogens is 3. The molecule has 1 atom stereocenters. The van der Waals surface area contributed by atoms with Crippen molar-refractivity contribution in [3.05, 3.63) is 24.3 Å². The van der Waals surface area contributed by atoms with E-state index >= 15 is 0 Å². The Morgan fingerprint density at radius 1 is 1.31 bits per heavy atom. The molecule has 26 heavy (non-hydrogen) atoms. The summed E-state index contributed by atoms with van der Waals surface area (Å²) in [6.45, 7) is 7.17. The quantitative estimate of drug-likeness (QED) is 0.721. The van der Waals surface area contributed by atoms with Gasteiger partial charge in [0.05, 0.1) is 31.1 Å². The Hall–Kier alpha value is -2.06. The molecule has 1 amide bonds. The van der Waals surface area contributed by atoms with Crippen LogP contribution in [0.25, 0.3) is 11.4 Å². The van der Waals surface area contributed by atoms with Gasteiger partial charge >= 0.3 is 0 Å². The number of hydrogen-bond donors (Lipinski definition) is 0. The molecule has 1 aromatic carbocycles. The molecule has 1 aliphatic heterocycles. The highest BCUT2D eigenvalue weighted by Crippen LogP contribution is 2.32. The summed E-state index contributed by atoms with van der Waals surface area (Å²) in [6.07, 6.45) is 0. The summed E-state index contributed by atoms with van der Waals surface area (Å²) in [5, 5.41) is 9.20. The number of carbonyl (C=O) groups excluding carboxylic acids is 1. The van der Waals surface area contributed by atoms with Gasteiger partial charge in [0.2, 0.25) is 5.91 Å². The van der Waals surface area contributed by atoms with Crippen LogP contribution in [0.15, 0.2) is 29.4 Å². The maximum absolute atomic E-state index is 12.7. The van der Waals surface area contributed by atoms with Crippen LogP contribution in [0.5, 0.6) is 5.75 Å². The minimum atomic E-state index is -0.229. The number of nitrogens with zero attached hydrogens (tertiary/aromatic N) is 4. The molecule has 1 aliphatic rings. The van der Waals surface area contributed by atoms with Crippen molar-refractivity contribution in [3.8, 4) is 17.1 Å². The highest BCUT2D eigenvalue weighted by molar-refractivity contribution is 8.00. The van der Waals surface area contributed by atoms with Crippen LogP contribution >= 0.6 is 11.8 Å². The number of methoxy groups -OCH3 is 1. The van der Waals surface area contributed by atoms with Crippen LogP contribution in [0.4, 0.5) is 0 Å². The van der Waals surface area contributed by atoms with Crippen molar-refractivity contribution in [2.45, 2.75) is 30.8 Å². The van der Waals surface area contributed by atoms with Gasteiger partial charge in [-0.25, -0.2) is 0 Å². The van der Waals surface area contributed by atoms with Crippen LogP contribution < -0.4 is 4.74 Å². The van der Waals surface area contributed by atoms with Crippen LogP contribution in [0.3, 0.4) is 0 Å². The lowest BCUT2D eigenvalue weighted by molar-refractivity contribution is -0.134. The van der Waals surface area contributed by atoms with Crippen LogP contribution in [0.2, 0.25) is 0 Å². The van der Waals surface area contributed by atoms with Gasteiger partial charge in [-0.1, -0.05) is 23.9 Å². The number of thioether (sulfide) groups is 1. The molecule has 1 aromatic heterocycles. The lowest BCUT2D eigenvalue weighted by Gasteiger charge is -2.28. The molecule has 1 fully saturated rings. The Morgan fingerprint density at radius 3 is 2.73 bits per heavy atom. The molecule has 140 valence electrons. The third kappa shape index (κ3) is 3.86. The molecular weight excluding hydrogens is 352 g/mol. The topological polar surface area (TPSA) is 69.5 Å². The van der Waals surface area contributed by atoms with E-state index in [4.69, 9.17) is 9.47 Å². The highest BCUT2D eigenvalue weighted by Gasteiger charge is 2.26. The fourth-order valence-electron chi connectivity index (χ4n) is 2.94. The fourth-order valence-corrected chi connectivity index (χ4v) is 3.94. The molecule has 8 heteroatoms. The number of morpholine rings is 1. The van der Waals surface area contributed by atoms with Crippen LogP contribution in [-0.4, -0.2) is 64.2 Å². The number of rotatable bonds is 6. The smallest absolute Gasteiger partial charge is 0.236 e. The predicted molar refractivity (Wildman–Crippen MR) is 100 cm³/mol. The third-order valence-corrected chi connectivity index (χ3v) is 5.40. The average molecular weight is 376 g/mol. The second kappa shape index (κ2) is 8.55. The van der Waals surface area contributed by atoms with Gasteiger partial charge in [0.25, 0.3) is 0 Å². The standard InChI is InChI=1S/C18H24N4O3S/c1-4-22-16(14-7-5-6-8-15(14)24-3)19-20-18(22)26-13(2)17(23)21-9-11-25-12-10-21/h5-8,13H,4,9-12H2,1-3H3. The minimum absolute atomic E-state index is 0.114. The summed E-state index contributed by atoms with van der Waals surface area (Å²) >= 11 is 1.44. The fraction of sp³-hybridized carbons (Fsp3) is 0.500. The van der Waals surface area contributed by atoms with Gasteiger partial charge in [-0.3, -0.25) is 4.79 Å². The number of para-hydroxylation sites is 1. The van der Waals surface area contributed by atoms with E-state index in [9.17, 15) is 4.79 Å². The van der Waals surface area contributed by atoms with E-state index in [1.54, 1.807) is 7.11 Å². The third-order valence-electron chi connectivity index (χ3n) is 4.33. The molecule has 0 bridgehead atoms. The van der Waals surface area contributed by atoms with Crippen molar-refractivity contribution in [3.63, 3.8) is 0 Å². The Balaban J connectivity index is 1.81. The van der Waals surface area contributed by atoms with E-state index in [0.29, 0.717) is 32.8 Å².